The van der Waals surface area contributed by atoms with Gasteiger partial charge in [-0.1, -0.05) is 6.07 Å². The highest BCUT2D eigenvalue weighted by molar-refractivity contribution is 7.80. The average molecular weight is 367 g/mol. The predicted octanol–water partition coefficient (Wildman–Crippen LogP) is 2.40. The quantitative estimate of drug-likeness (QED) is 0.715. The van der Waals surface area contributed by atoms with Crippen LogP contribution in [0.4, 0.5) is 0 Å². The number of thiocarbonyl (C=S) groups is 1. The molecular formula is C18H21N7S. The standard InChI is InChI=1S/C18H21N7S/c1-4-24-17(16(22-18(24)26)15-7-5-6-8-19-15)14-9-12(2)25(13(14)3)23-10-20-21-11-23/h5-11,16-17H,4H2,1-3H3,(H,22,26)/t16-,17-/m1/s1. The summed E-state index contributed by atoms with van der Waals surface area (Å²) < 4.78 is 4.00. The van der Waals surface area contributed by atoms with Gasteiger partial charge in [0.1, 0.15) is 12.7 Å². The molecule has 1 N–H and O–H groups in total. The van der Waals surface area contributed by atoms with Crippen LogP contribution < -0.4 is 5.32 Å². The smallest absolute Gasteiger partial charge is 0.170 e. The summed E-state index contributed by atoms with van der Waals surface area (Å²) in [6.07, 6.45) is 5.23. The van der Waals surface area contributed by atoms with Crippen molar-refractivity contribution in [3.8, 4) is 0 Å². The van der Waals surface area contributed by atoms with Crippen molar-refractivity contribution in [2.45, 2.75) is 32.9 Å². The first kappa shape index (κ1) is 16.7. The highest BCUT2D eigenvalue weighted by Gasteiger charge is 2.40. The van der Waals surface area contributed by atoms with Gasteiger partial charge < -0.3 is 10.2 Å². The lowest BCUT2D eigenvalue weighted by atomic mass is 9.97. The highest BCUT2D eigenvalue weighted by Crippen LogP contribution is 2.40. The molecule has 1 aliphatic rings. The maximum absolute atomic E-state index is 5.61. The number of aryl methyl sites for hydroxylation is 1. The second-order valence-corrected chi connectivity index (χ2v) is 6.78. The Labute approximate surface area is 157 Å². The van der Waals surface area contributed by atoms with Crippen molar-refractivity contribution < 1.29 is 0 Å². The molecule has 1 fully saturated rings. The van der Waals surface area contributed by atoms with E-state index in [1.54, 1.807) is 12.7 Å². The normalized spacial score (nSPS) is 19.8. The number of rotatable bonds is 4. The van der Waals surface area contributed by atoms with Gasteiger partial charge in [-0.25, -0.2) is 4.68 Å². The van der Waals surface area contributed by atoms with Crippen LogP contribution in [0.2, 0.25) is 0 Å². The van der Waals surface area contributed by atoms with Crippen LogP contribution in [0.5, 0.6) is 0 Å². The zero-order chi connectivity index (χ0) is 18.3. The summed E-state index contributed by atoms with van der Waals surface area (Å²) in [5.74, 6) is 0. The van der Waals surface area contributed by atoms with Crippen LogP contribution >= 0.6 is 12.2 Å². The molecule has 3 aromatic rings. The first-order chi connectivity index (χ1) is 12.6. The summed E-state index contributed by atoms with van der Waals surface area (Å²) in [4.78, 5) is 6.80. The summed E-state index contributed by atoms with van der Waals surface area (Å²) in [7, 11) is 0. The molecule has 0 unspecified atom stereocenters. The lowest BCUT2D eigenvalue weighted by Gasteiger charge is -2.27. The number of hydrogen-bond acceptors (Lipinski definition) is 4. The molecule has 0 bridgehead atoms. The summed E-state index contributed by atoms with van der Waals surface area (Å²) in [6, 6.07) is 8.30. The Kier molecular flexibility index (Phi) is 4.20. The average Bonchev–Trinajstić information content (AvgIpc) is 3.34. The molecule has 0 amide bonds. The van der Waals surface area contributed by atoms with Gasteiger partial charge in [-0.15, -0.1) is 10.2 Å². The largest absolute Gasteiger partial charge is 0.352 e. The fourth-order valence-electron chi connectivity index (χ4n) is 3.82. The van der Waals surface area contributed by atoms with E-state index in [-0.39, 0.29) is 12.1 Å². The van der Waals surface area contributed by atoms with Gasteiger partial charge >= 0.3 is 0 Å². The van der Waals surface area contributed by atoms with Crippen molar-refractivity contribution in [1.29, 1.82) is 0 Å². The molecule has 2 atom stereocenters. The molecule has 7 nitrogen and oxygen atoms in total. The molecule has 3 aromatic heterocycles. The topological polar surface area (TPSA) is 63.8 Å². The van der Waals surface area contributed by atoms with Crippen molar-refractivity contribution in [3.63, 3.8) is 0 Å². The summed E-state index contributed by atoms with van der Waals surface area (Å²) in [5, 5.41) is 12.1. The third kappa shape index (κ3) is 2.57. The van der Waals surface area contributed by atoms with E-state index in [0.717, 1.165) is 28.7 Å². The molecule has 134 valence electrons. The van der Waals surface area contributed by atoms with Gasteiger partial charge in [-0.2, -0.15) is 0 Å². The summed E-state index contributed by atoms with van der Waals surface area (Å²) in [5.41, 5.74) is 4.47. The maximum atomic E-state index is 5.61. The van der Waals surface area contributed by atoms with E-state index in [0.29, 0.717) is 0 Å². The Morgan fingerprint density at radius 1 is 1.19 bits per heavy atom. The predicted molar refractivity (Wildman–Crippen MR) is 103 cm³/mol. The second kappa shape index (κ2) is 6.53. The van der Waals surface area contributed by atoms with E-state index in [1.165, 1.54) is 5.56 Å². The summed E-state index contributed by atoms with van der Waals surface area (Å²) >= 11 is 5.61. The lowest BCUT2D eigenvalue weighted by molar-refractivity contribution is 0.329. The number of hydrogen-bond donors (Lipinski definition) is 1. The number of aromatic nitrogens is 5. The minimum atomic E-state index is 0.0125. The minimum Gasteiger partial charge on any atom is -0.352 e. The van der Waals surface area contributed by atoms with Crippen molar-refractivity contribution in [2.75, 3.05) is 6.54 Å². The fourth-order valence-corrected chi connectivity index (χ4v) is 4.18. The van der Waals surface area contributed by atoms with E-state index in [4.69, 9.17) is 12.2 Å². The van der Waals surface area contributed by atoms with Crippen LogP contribution in [0.15, 0.2) is 43.1 Å². The molecule has 0 radical (unpaired) electrons. The van der Waals surface area contributed by atoms with Crippen LogP contribution in [0.3, 0.4) is 0 Å². The van der Waals surface area contributed by atoms with Gasteiger partial charge in [-0.3, -0.25) is 9.66 Å². The number of pyridine rings is 1. The Balaban J connectivity index is 1.83. The SMILES string of the molecule is CCN1C(=S)N[C@H](c2ccccn2)[C@H]1c1cc(C)n(-n2cnnc2)c1C. The first-order valence-corrected chi connectivity index (χ1v) is 9.04. The van der Waals surface area contributed by atoms with E-state index < -0.39 is 0 Å². The van der Waals surface area contributed by atoms with E-state index in [9.17, 15) is 0 Å². The molecule has 0 saturated carbocycles. The Bertz CT molecular complexity index is 917. The first-order valence-electron chi connectivity index (χ1n) is 8.64. The van der Waals surface area contributed by atoms with Crippen LogP contribution in [0.25, 0.3) is 0 Å². The molecule has 0 aliphatic carbocycles. The van der Waals surface area contributed by atoms with Crippen LogP contribution in [0, 0.1) is 13.8 Å². The van der Waals surface area contributed by atoms with Gasteiger partial charge in [0, 0.05) is 29.7 Å². The van der Waals surface area contributed by atoms with Gasteiger partial charge in [0.25, 0.3) is 0 Å². The van der Waals surface area contributed by atoms with E-state index in [1.807, 2.05) is 29.1 Å². The fraction of sp³-hybridized carbons (Fsp3) is 0.333. The highest BCUT2D eigenvalue weighted by atomic mass is 32.1. The van der Waals surface area contributed by atoms with Crippen LogP contribution in [-0.4, -0.2) is 41.1 Å². The molecule has 0 spiro atoms. The van der Waals surface area contributed by atoms with Crippen LogP contribution in [0.1, 0.15) is 41.7 Å². The molecule has 0 aromatic carbocycles. The molecule has 4 rings (SSSR count). The minimum absolute atomic E-state index is 0.0125. The summed E-state index contributed by atoms with van der Waals surface area (Å²) in [6.45, 7) is 7.16. The molecular weight excluding hydrogens is 346 g/mol. The number of nitrogens with zero attached hydrogens (tertiary/aromatic N) is 6. The molecule has 26 heavy (non-hydrogen) atoms. The zero-order valence-corrected chi connectivity index (χ0v) is 15.8. The van der Waals surface area contributed by atoms with Crippen molar-refractivity contribution in [3.05, 3.63) is 65.8 Å². The molecule has 8 heteroatoms. The number of likely N-dealkylation sites (N-methyl/N-ethyl adjacent to an activating group) is 1. The molecule has 4 heterocycles. The van der Waals surface area contributed by atoms with E-state index >= 15 is 0 Å². The van der Waals surface area contributed by atoms with Crippen molar-refractivity contribution in [2.24, 2.45) is 0 Å². The molecule has 1 aliphatic heterocycles. The van der Waals surface area contributed by atoms with Crippen LogP contribution in [-0.2, 0) is 0 Å². The van der Waals surface area contributed by atoms with Crippen molar-refractivity contribution in [1.82, 2.24) is 34.8 Å². The third-order valence-electron chi connectivity index (χ3n) is 4.93. The van der Waals surface area contributed by atoms with Gasteiger partial charge in [0.2, 0.25) is 0 Å². The maximum Gasteiger partial charge on any atom is 0.170 e. The Hall–Kier alpha value is -2.74. The Morgan fingerprint density at radius 2 is 1.96 bits per heavy atom. The lowest BCUT2D eigenvalue weighted by Crippen LogP contribution is -2.29. The van der Waals surface area contributed by atoms with Gasteiger partial charge in [-0.05, 0) is 51.2 Å². The van der Waals surface area contributed by atoms with Gasteiger partial charge in [0.15, 0.2) is 5.11 Å². The Morgan fingerprint density at radius 3 is 2.62 bits per heavy atom. The monoisotopic (exact) mass is 367 g/mol. The molecule has 1 saturated heterocycles. The third-order valence-corrected chi connectivity index (χ3v) is 5.28. The second-order valence-electron chi connectivity index (χ2n) is 6.39. The number of nitrogens with one attached hydrogen (secondary N) is 1. The van der Waals surface area contributed by atoms with Crippen molar-refractivity contribution >= 4 is 17.3 Å². The van der Waals surface area contributed by atoms with Gasteiger partial charge in [0.05, 0.1) is 17.8 Å². The zero-order valence-electron chi connectivity index (χ0n) is 15.0. The van der Waals surface area contributed by atoms with E-state index in [2.05, 4.69) is 56.9 Å².